The summed E-state index contributed by atoms with van der Waals surface area (Å²) in [4.78, 5) is 2.23. The average Bonchev–Trinajstić information content (AvgIpc) is 3.32. The highest BCUT2D eigenvalue weighted by molar-refractivity contribution is 7.99. The number of benzene rings is 1. The number of nitrogens with zero attached hydrogens (tertiary/aromatic N) is 4. The van der Waals surface area contributed by atoms with Crippen molar-refractivity contribution in [2.75, 3.05) is 26.0 Å². The van der Waals surface area contributed by atoms with Crippen molar-refractivity contribution in [3.63, 3.8) is 0 Å². The molecule has 0 unspecified atom stereocenters. The van der Waals surface area contributed by atoms with Gasteiger partial charge in [0, 0.05) is 25.4 Å². The second-order valence-electron chi connectivity index (χ2n) is 6.75. The second-order valence-corrected chi connectivity index (χ2v) is 7.74. The van der Waals surface area contributed by atoms with Gasteiger partial charge in [-0.3, -0.25) is 4.90 Å². The van der Waals surface area contributed by atoms with E-state index in [4.69, 9.17) is 4.74 Å². The molecule has 1 fully saturated rings. The molecule has 27 heavy (non-hydrogen) atoms. The first kappa shape index (κ1) is 19.9. The molecule has 1 aliphatic rings. The number of thioether (sulfide) groups is 1. The Morgan fingerprint density at radius 3 is 2.93 bits per heavy atom. The van der Waals surface area contributed by atoms with E-state index in [2.05, 4.69) is 69.7 Å². The lowest BCUT2D eigenvalue weighted by Gasteiger charge is -2.15. The smallest absolute Gasteiger partial charge is 0.191 e. The van der Waals surface area contributed by atoms with Crippen molar-refractivity contribution in [1.82, 2.24) is 19.7 Å². The Kier molecular flexibility index (Phi) is 7.68. The Hall–Kier alpha value is -1.89. The molecule has 0 N–H and O–H groups in total. The Bertz CT molecular complexity index is 738. The van der Waals surface area contributed by atoms with Crippen LogP contribution in [0.25, 0.3) is 6.08 Å². The maximum absolute atomic E-state index is 5.71. The highest BCUT2D eigenvalue weighted by Crippen LogP contribution is 2.23. The van der Waals surface area contributed by atoms with Crippen LogP contribution in [0.1, 0.15) is 24.2 Å². The van der Waals surface area contributed by atoms with Gasteiger partial charge in [0.05, 0.1) is 12.6 Å². The third kappa shape index (κ3) is 6.06. The molecule has 2 aromatic rings. The summed E-state index contributed by atoms with van der Waals surface area (Å²) < 4.78 is 7.87. The zero-order chi connectivity index (χ0) is 18.9. The minimum absolute atomic E-state index is 0.345. The molecular formula is C21H28N4OS. The predicted octanol–water partition coefficient (Wildman–Crippen LogP) is 3.88. The van der Waals surface area contributed by atoms with E-state index < -0.39 is 0 Å². The number of likely N-dealkylation sites (N-methyl/N-ethyl adjacent to an activating group) is 1. The lowest BCUT2D eigenvalue weighted by atomic mass is 10.2. The molecule has 1 aromatic carbocycles. The van der Waals surface area contributed by atoms with Crippen LogP contribution in [-0.4, -0.2) is 51.7 Å². The highest BCUT2D eigenvalue weighted by Gasteiger charge is 2.19. The molecule has 1 atom stereocenters. The van der Waals surface area contributed by atoms with Gasteiger partial charge in [0.25, 0.3) is 0 Å². The first-order chi connectivity index (χ1) is 13.3. The van der Waals surface area contributed by atoms with Gasteiger partial charge in [-0.15, -0.1) is 16.8 Å². The quantitative estimate of drug-likeness (QED) is 0.459. The fourth-order valence-electron chi connectivity index (χ4n) is 3.04. The number of aromatic nitrogens is 3. The van der Waals surface area contributed by atoms with Crippen LogP contribution < -0.4 is 0 Å². The maximum Gasteiger partial charge on any atom is 0.191 e. The fourth-order valence-corrected chi connectivity index (χ4v) is 4.07. The third-order valence-corrected chi connectivity index (χ3v) is 5.56. The van der Waals surface area contributed by atoms with E-state index in [0.717, 1.165) is 55.8 Å². The number of hydrogen-bond acceptors (Lipinski definition) is 5. The molecule has 0 bridgehead atoms. The van der Waals surface area contributed by atoms with E-state index in [1.165, 1.54) is 5.56 Å². The van der Waals surface area contributed by atoms with Crippen LogP contribution in [0, 0.1) is 0 Å². The van der Waals surface area contributed by atoms with Gasteiger partial charge in [-0.05, 0) is 25.5 Å². The number of hydrogen-bond donors (Lipinski definition) is 0. The van der Waals surface area contributed by atoms with Gasteiger partial charge < -0.3 is 9.30 Å². The van der Waals surface area contributed by atoms with E-state index >= 15 is 0 Å². The summed E-state index contributed by atoms with van der Waals surface area (Å²) in [7, 11) is 2.10. The SMILES string of the molecule is C=CCn1c(CN(C)C/C=C/c2ccccc2)nnc1SC[C@@H]1CCCO1. The Morgan fingerprint density at radius 2 is 2.19 bits per heavy atom. The third-order valence-electron chi connectivity index (χ3n) is 4.47. The van der Waals surface area contributed by atoms with Gasteiger partial charge >= 0.3 is 0 Å². The topological polar surface area (TPSA) is 43.2 Å². The van der Waals surface area contributed by atoms with Gasteiger partial charge in [-0.25, -0.2) is 0 Å². The van der Waals surface area contributed by atoms with Crippen LogP contribution >= 0.6 is 11.8 Å². The highest BCUT2D eigenvalue weighted by atomic mass is 32.2. The number of allylic oxidation sites excluding steroid dienone is 1. The first-order valence-corrected chi connectivity index (χ1v) is 10.4. The van der Waals surface area contributed by atoms with Gasteiger partial charge in [-0.2, -0.15) is 0 Å². The van der Waals surface area contributed by atoms with E-state index in [1.807, 2.05) is 12.1 Å². The minimum Gasteiger partial charge on any atom is -0.377 e. The first-order valence-electron chi connectivity index (χ1n) is 9.43. The summed E-state index contributed by atoms with van der Waals surface area (Å²) in [5, 5.41) is 9.78. The Labute approximate surface area is 166 Å². The van der Waals surface area contributed by atoms with Crippen LogP contribution in [0.3, 0.4) is 0 Å². The van der Waals surface area contributed by atoms with Crippen molar-refractivity contribution in [2.45, 2.75) is 37.2 Å². The number of ether oxygens (including phenoxy) is 1. The second kappa shape index (κ2) is 10.4. The summed E-state index contributed by atoms with van der Waals surface area (Å²) in [6, 6.07) is 10.3. The molecule has 0 amide bonds. The molecule has 0 aliphatic carbocycles. The predicted molar refractivity (Wildman–Crippen MR) is 112 cm³/mol. The van der Waals surface area contributed by atoms with E-state index in [-0.39, 0.29) is 0 Å². The minimum atomic E-state index is 0.345. The summed E-state index contributed by atoms with van der Waals surface area (Å²) >= 11 is 1.73. The standard InChI is InChI=1S/C21H28N4OS/c1-3-13-25-20(22-23-21(25)27-17-19-12-8-15-26-19)16-24(2)14-7-11-18-9-5-4-6-10-18/h3-7,9-11,19H,1,8,12-17H2,2H3/b11-7+/t19-/m0/s1. The molecule has 144 valence electrons. The molecule has 0 saturated carbocycles. The molecule has 1 aliphatic heterocycles. The largest absolute Gasteiger partial charge is 0.377 e. The van der Waals surface area contributed by atoms with Crippen LogP contribution in [0.4, 0.5) is 0 Å². The van der Waals surface area contributed by atoms with Gasteiger partial charge in [0.2, 0.25) is 0 Å². The molecule has 3 rings (SSSR count). The van der Waals surface area contributed by atoms with Crippen LogP contribution in [-0.2, 0) is 17.8 Å². The molecule has 2 heterocycles. The van der Waals surface area contributed by atoms with Crippen molar-refractivity contribution < 1.29 is 4.74 Å². The van der Waals surface area contributed by atoms with Crippen LogP contribution in [0.2, 0.25) is 0 Å². The molecule has 1 saturated heterocycles. The van der Waals surface area contributed by atoms with Crippen molar-refractivity contribution in [3.05, 3.63) is 60.5 Å². The molecular weight excluding hydrogens is 356 g/mol. The van der Waals surface area contributed by atoms with Crippen molar-refractivity contribution in [1.29, 1.82) is 0 Å². The number of rotatable bonds is 10. The maximum atomic E-state index is 5.71. The van der Waals surface area contributed by atoms with E-state index in [1.54, 1.807) is 11.8 Å². The average molecular weight is 385 g/mol. The zero-order valence-electron chi connectivity index (χ0n) is 16.0. The van der Waals surface area contributed by atoms with E-state index in [9.17, 15) is 0 Å². The van der Waals surface area contributed by atoms with Gasteiger partial charge in [0.15, 0.2) is 5.16 Å². The van der Waals surface area contributed by atoms with E-state index in [0.29, 0.717) is 6.10 Å². The summed E-state index contributed by atoms with van der Waals surface area (Å²) in [5.74, 6) is 1.91. The molecule has 6 heteroatoms. The monoisotopic (exact) mass is 384 g/mol. The molecule has 5 nitrogen and oxygen atoms in total. The lowest BCUT2D eigenvalue weighted by molar-refractivity contribution is 0.129. The fraction of sp³-hybridized carbons (Fsp3) is 0.429. The Balaban J connectivity index is 1.56. The van der Waals surface area contributed by atoms with Crippen molar-refractivity contribution >= 4 is 17.8 Å². The summed E-state index contributed by atoms with van der Waals surface area (Å²) in [6.45, 7) is 7.10. The molecule has 1 aromatic heterocycles. The Morgan fingerprint density at radius 1 is 1.33 bits per heavy atom. The molecule has 0 spiro atoms. The van der Waals surface area contributed by atoms with Gasteiger partial charge in [0.1, 0.15) is 5.82 Å². The normalized spacial score (nSPS) is 17.2. The summed E-state index contributed by atoms with van der Waals surface area (Å²) in [5.41, 5.74) is 1.22. The van der Waals surface area contributed by atoms with Crippen molar-refractivity contribution in [3.8, 4) is 0 Å². The lowest BCUT2D eigenvalue weighted by Crippen LogP contribution is -2.20. The molecule has 0 radical (unpaired) electrons. The zero-order valence-corrected chi connectivity index (χ0v) is 16.8. The van der Waals surface area contributed by atoms with Crippen molar-refractivity contribution in [2.24, 2.45) is 0 Å². The van der Waals surface area contributed by atoms with Gasteiger partial charge in [-0.1, -0.05) is 60.3 Å². The van der Waals surface area contributed by atoms with Crippen LogP contribution in [0.5, 0.6) is 0 Å². The van der Waals surface area contributed by atoms with Crippen LogP contribution in [0.15, 0.2) is 54.2 Å². The summed E-state index contributed by atoms with van der Waals surface area (Å²) in [6.07, 6.45) is 8.88.